The Morgan fingerprint density at radius 1 is 0.857 bits per heavy atom. The number of ether oxygens (including phenoxy) is 2. The Bertz CT molecular complexity index is 1610. The zero-order chi connectivity index (χ0) is 28.8. The van der Waals surface area contributed by atoms with Crippen molar-refractivity contribution < 1.29 is 14.3 Å². The number of rotatable bonds is 4. The first-order valence-electron chi connectivity index (χ1n) is 15.3. The van der Waals surface area contributed by atoms with Crippen molar-refractivity contribution in [2.24, 2.45) is 0 Å². The number of imidazole rings is 2. The first-order chi connectivity index (χ1) is 20.3. The molecule has 8 nitrogen and oxygen atoms in total. The second-order valence-electron chi connectivity index (χ2n) is 12.9. The lowest BCUT2D eigenvalue weighted by atomic mass is 10.00. The zero-order valence-corrected chi connectivity index (χ0v) is 24.7. The van der Waals surface area contributed by atoms with Crippen LogP contribution < -0.4 is 4.74 Å². The van der Waals surface area contributed by atoms with Gasteiger partial charge in [0.1, 0.15) is 28.7 Å². The number of likely N-dealkylation sites (tertiary alicyclic amines) is 1. The largest absolute Gasteiger partial charge is 0.457 e. The second-order valence-corrected chi connectivity index (χ2v) is 12.9. The standard InChI is InChI=1S/C34H39N5O3/c1-34(2,3)42-33(40)39-16-6-9-28(39)32-36-20-27(38-32)23-13-15-30-25(18-23)11-10-24-17-22(12-14-29(24)41-30)26-19-35-31(37-26)21-7-4-5-8-21/h12-15,17-21,28H,4-11,16H2,1-3H3,(H,35,37)(H,36,38)/t28-/m0/s1. The molecule has 4 heterocycles. The van der Waals surface area contributed by atoms with Gasteiger partial charge in [-0.15, -0.1) is 0 Å². The van der Waals surface area contributed by atoms with E-state index in [1.54, 1.807) is 4.90 Å². The molecule has 1 saturated heterocycles. The summed E-state index contributed by atoms with van der Waals surface area (Å²) in [6.45, 7) is 6.36. The molecule has 4 aromatic rings. The number of aromatic amines is 2. The second kappa shape index (κ2) is 10.6. The quantitative estimate of drug-likeness (QED) is 0.261. The van der Waals surface area contributed by atoms with Crippen LogP contribution in [0.1, 0.15) is 94.0 Å². The average molecular weight is 566 g/mol. The number of H-pyrrole nitrogens is 2. The number of fused-ring (bicyclic) bond motifs is 2. The van der Waals surface area contributed by atoms with Gasteiger partial charge in [0.2, 0.25) is 0 Å². The molecule has 2 aliphatic heterocycles. The molecular weight excluding hydrogens is 526 g/mol. The monoisotopic (exact) mass is 565 g/mol. The van der Waals surface area contributed by atoms with Gasteiger partial charge in [0, 0.05) is 23.6 Å². The third kappa shape index (κ3) is 5.30. The number of carbonyl (C=O) groups is 1. The lowest BCUT2D eigenvalue weighted by molar-refractivity contribution is 0.0218. The van der Waals surface area contributed by atoms with Crippen LogP contribution in [-0.4, -0.2) is 43.1 Å². The summed E-state index contributed by atoms with van der Waals surface area (Å²) in [7, 11) is 0. The van der Waals surface area contributed by atoms with Crippen LogP contribution in [-0.2, 0) is 17.6 Å². The fraction of sp³-hybridized carbons (Fsp3) is 0.441. The SMILES string of the molecule is CC(C)(C)OC(=O)N1CCC[C@H]1c1ncc(-c2ccc3c(c2)CCc2cc(-c4cnc(C5CCCC5)[nH]4)ccc2O3)[nH]1. The predicted molar refractivity (Wildman–Crippen MR) is 162 cm³/mol. The molecule has 1 amide bonds. The molecular formula is C34H39N5O3. The number of hydrogen-bond donors (Lipinski definition) is 2. The summed E-state index contributed by atoms with van der Waals surface area (Å²) in [5.41, 5.74) is 6.06. The number of amides is 1. The summed E-state index contributed by atoms with van der Waals surface area (Å²) in [6, 6.07) is 12.7. The van der Waals surface area contributed by atoms with E-state index in [4.69, 9.17) is 14.5 Å². The van der Waals surface area contributed by atoms with Crippen LogP contribution in [0.25, 0.3) is 22.5 Å². The van der Waals surface area contributed by atoms with E-state index in [2.05, 4.69) is 51.4 Å². The first-order valence-corrected chi connectivity index (χ1v) is 15.3. The van der Waals surface area contributed by atoms with E-state index >= 15 is 0 Å². The van der Waals surface area contributed by atoms with Gasteiger partial charge in [0.25, 0.3) is 0 Å². The Morgan fingerprint density at radius 2 is 1.45 bits per heavy atom. The summed E-state index contributed by atoms with van der Waals surface area (Å²) >= 11 is 0. The van der Waals surface area contributed by atoms with Crippen molar-refractivity contribution in [1.82, 2.24) is 24.8 Å². The average Bonchev–Trinajstić information content (AvgIpc) is 3.77. The van der Waals surface area contributed by atoms with Crippen molar-refractivity contribution in [1.29, 1.82) is 0 Å². The van der Waals surface area contributed by atoms with Crippen LogP contribution in [0.3, 0.4) is 0 Å². The first kappa shape index (κ1) is 26.8. The predicted octanol–water partition coefficient (Wildman–Crippen LogP) is 8.09. The molecule has 1 atom stereocenters. The van der Waals surface area contributed by atoms with E-state index in [0.29, 0.717) is 12.5 Å². The van der Waals surface area contributed by atoms with E-state index in [1.165, 1.54) is 36.8 Å². The summed E-state index contributed by atoms with van der Waals surface area (Å²) in [6.07, 6.45) is 12.2. The molecule has 2 N–H and O–H groups in total. The molecule has 7 rings (SSSR count). The summed E-state index contributed by atoms with van der Waals surface area (Å²) in [5.74, 6) is 4.30. The van der Waals surface area contributed by atoms with Crippen LogP contribution in [0.5, 0.6) is 11.5 Å². The Hall–Kier alpha value is -4.07. The lowest BCUT2D eigenvalue weighted by Gasteiger charge is -2.27. The molecule has 2 fully saturated rings. The number of benzene rings is 2. The van der Waals surface area contributed by atoms with Gasteiger partial charge in [-0.2, -0.15) is 0 Å². The highest BCUT2D eigenvalue weighted by molar-refractivity contribution is 5.69. The molecule has 0 spiro atoms. The third-order valence-electron chi connectivity index (χ3n) is 8.76. The minimum Gasteiger partial charge on any atom is -0.457 e. The normalized spacial score (nSPS) is 18.8. The molecule has 8 heteroatoms. The fourth-order valence-corrected chi connectivity index (χ4v) is 6.60. The summed E-state index contributed by atoms with van der Waals surface area (Å²) < 4.78 is 12.1. The van der Waals surface area contributed by atoms with Crippen LogP contribution >= 0.6 is 0 Å². The van der Waals surface area contributed by atoms with E-state index in [9.17, 15) is 4.79 Å². The maximum Gasteiger partial charge on any atom is 0.410 e. The molecule has 42 heavy (non-hydrogen) atoms. The Labute approximate surface area is 246 Å². The Kier molecular flexibility index (Phi) is 6.79. The molecule has 0 bridgehead atoms. The number of aromatic nitrogens is 4. The van der Waals surface area contributed by atoms with Gasteiger partial charge in [-0.25, -0.2) is 14.8 Å². The Morgan fingerprint density at radius 3 is 2.07 bits per heavy atom. The van der Waals surface area contributed by atoms with Gasteiger partial charge in [-0.3, -0.25) is 4.90 Å². The zero-order valence-electron chi connectivity index (χ0n) is 24.7. The van der Waals surface area contributed by atoms with E-state index < -0.39 is 5.60 Å². The molecule has 0 unspecified atom stereocenters. The van der Waals surface area contributed by atoms with Gasteiger partial charge in [0.05, 0.1) is 29.8 Å². The maximum absolute atomic E-state index is 12.8. The summed E-state index contributed by atoms with van der Waals surface area (Å²) in [5, 5.41) is 0. The van der Waals surface area contributed by atoms with Crippen molar-refractivity contribution in [2.75, 3.05) is 6.54 Å². The highest BCUT2D eigenvalue weighted by Crippen LogP contribution is 2.39. The van der Waals surface area contributed by atoms with Gasteiger partial charge in [0.15, 0.2) is 0 Å². The minimum atomic E-state index is -0.526. The van der Waals surface area contributed by atoms with Crippen LogP contribution in [0.4, 0.5) is 4.79 Å². The number of nitrogens with zero attached hydrogens (tertiary/aromatic N) is 3. The minimum absolute atomic E-state index is 0.106. The summed E-state index contributed by atoms with van der Waals surface area (Å²) in [4.78, 5) is 31.1. The topological polar surface area (TPSA) is 96.1 Å². The number of aryl methyl sites for hydroxylation is 2. The smallest absolute Gasteiger partial charge is 0.410 e. The molecule has 218 valence electrons. The van der Waals surface area contributed by atoms with Crippen molar-refractivity contribution in [3.63, 3.8) is 0 Å². The molecule has 2 aromatic heterocycles. The molecule has 0 radical (unpaired) electrons. The number of nitrogens with one attached hydrogen (secondary N) is 2. The third-order valence-corrected chi connectivity index (χ3v) is 8.76. The lowest BCUT2D eigenvalue weighted by Crippen LogP contribution is -2.36. The molecule has 1 saturated carbocycles. The van der Waals surface area contributed by atoms with Crippen molar-refractivity contribution >= 4 is 6.09 Å². The van der Waals surface area contributed by atoms with Gasteiger partial charge >= 0.3 is 6.09 Å². The van der Waals surface area contributed by atoms with Crippen molar-refractivity contribution in [3.05, 3.63) is 71.6 Å². The Balaban J connectivity index is 1.07. The van der Waals surface area contributed by atoms with E-state index in [-0.39, 0.29) is 12.1 Å². The van der Waals surface area contributed by atoms with Crippen LogP contribution in [0, 0.1) is 0 Å². The fourth-order valence-electron chi connectivity index (χ4n) is 6.60. The van der Waals surface area contributed by atoms with Crippen molar-refractivity contribution in [3.8, 4) is 34.0 Å². The van der Waals surface area contributed by atoms with Gasteiger partial charge < -0.3 is 19.4 Å². The highest BCUT2D eigenvalue weighted by atomic mass is 16.6. The molecule has 2 aromatic carbocycles. The van der Waals surface area contributed by atoms with Crippen LogP contribution in [0.2, 0.25) is 0 Å². The molecule has 1 aliphatic carbocycles. The van der Waals surface area contributed by atoms with Crippen LogP contribution in [0.15, 0.2) is 48.8 Å². The number of hydrogen-bond acceptors (Lipinski definition) is 5. The van der Waals surface area contributed by atoms with Crippen molar-refractivity contribution in [2.45, 2.75) is 89.7 Å². The highest BCUT2D eigenvalue weighted by Gasteiger charge is 2.35. The van der Waals surface area contributed by atoms with E-state index in [0.717, 1.165) is 71.3 Å². The van der Waals surface area contributed by atoms with Gasteiger partial charge in [-0.1, -0.05) is 12.8 Å². The molecule has 3 aliphatic rings. The van der Waals surface area contributed by atoms with E-state index in [1.807, 2.05) is 33.2 Å². The van der Waals surface area contributed by atoms with Gasteiger partial charge in [-0.05, 0) is 107 Å². The maximum atomic E-state index is 12.8. The number of carbonyl (C=O) groups excluding carboxylic acids is 1.